The molecule has 0 fully saturated rings. The first-order valence-corrected chi connectivity index (χ1v) is 7.74. The minimum absolute atomic E-state index is 0.0629. The van der Waals surface area contributed by atoms with Gasteiger partial charge < -0.3 is 5.32 Å². The van der Waals surface area contributed by atoms with Gasteiger partial charge in [-0.05, 0) is 46.6 Å². The first-order chi connectivity index (χ1) is 7.06. The third kappa shape index (κ3) is 6.48. The standard InChI is InChI=1S/C12H27NO2S/c1-10(2)11(3)16(14,15)9-7-8-13-12(4,5)6/h10-11,13H,7-9H2,1-6H3. The molecule has 0 spiro atoms. The molecule has 0 bridgehead atoms. The van der Waals surface area contributed by atoms with Gasteiger partial charge in [0.2, 0.25) is 0 Å². The van der Waals surface area contributed by atoms with Crippen molar-refractivity contribution < 1.29 is 8.42 Å². The summed E-state index contributed by atoms with van der Waals surface area (Å²) >= 11 is 0. The molecule has 0 amide bonds. The van der Waals surface area contributed by atoms with E-state index in [1.54, 1.807) is 6.92 Å². The molecule has 0 aliphatic heterocycles. The molecule has 1 atom stereocenters. The molecule has 0 rings (SSSR count). The largest absolute Gasteiger partial charge is 0.312 e. The van der Waals surface area contributed by atoms with Crippen LogP contribution in [0, 0.1) is 5.92 Å². The fourth-order valence-corrected chi connectivity index (χ4v) is 3.09. The van der Waals surface area contributed by atoms with Gasteiger partial charge in [-0.1, -0.05) is 13.8 Å². The number of rotatable bonds is 6. The highest BCUT2D eigenvalue weighted by Crippen LogP contribution is 2.13. The van der Waals surface area contributed by atoms with E-state index in [-0.39, 0.29) is 22.5 Å². The number of hydrogen-bond acceptors (Lipinski definition) is 3. The van der Waals surface area contributed by atoms with Crippen molar-refractivity contribution in [3.63, 3.8) is 0 Å². The Morgan fingerprint density at radius 2 is 1.62 bits per heavy atom. The van der Waals surface area contributed by atoms with Crippen LogP contribution in [0.4, 0.5) is 0 Å². The predicted octanol–water partition coefficient (Wildman–Crippen LogP) is 2.22. The van der Waals surface area contributed by atoms with E-state index in [0.29, 0.717) is 6.42 Å². The highest BCUT2D eigenvalue weighted by atomic mass is 32.2. The SMILES string of the molecule is CC(C)C(C)S(=O)(=O)CCCNC(C)(C)C. The van der Waals surface area contributed by atoms with Gasteiger partial charge in [-0.2, -0.15) is 0 Å². The molecule has 4 heteroatoms. The van der Waals surface area contributed by atoms with Crippen LogP contribution in [0.2, 0.25) is 0 Å². The van der Waals surface area contributed by atoms with Crippen molar-refractivity contribution in [2.45, 2.75) is 58.8 Å². The van der Waals surface area contributed by atoms with Crippen molar-refractivity contribution in [2.75, 3.05) is 12.3 Å². The molecule has 0 saturated heterocycles. The third-order valence-corrected chi connectivity index (χ3v) is 5.30. The van der Waals surface area contributed by atoms with Gasteiger partial charge in [0, 0.05) is 5.54 Å². The van der Waals surface area contributed by atoms with Gasteiger partial charge in [0.1, 0.15) is 0 Å². The van der Waals surface area contributed by atoms with Crippen LogP contribution in [-0.2, 0) is 9.84 Å². The van der Waals surface area contributed by atoms with E-state index in [9.17, 15) is 8.42 Å². The van der Waals surface area contributed by atoms with Crippen molar-refractivity contribution in [1.29, 1.82) is 0 Å². The average Bonchev–Trinajstić information content (AvgIpc) is 2.09. The molecular formula is C12H27NO2S. The van der Waals surface area contributed by atoms with Gasteiger partial charge in [-0.3, -0.25) is 0 Å². The van der Waals surface area contributed by atoms with E-state index in [1.807, 2.05) is 13.8 Å². The van der Waals surface area contributed by atoms with Crippen molar-refractivity contribution in [3.8, 4) is 0 Å². The topological polar surface area (TPSA) is 46.2 Å². The molecule has 98 valence electrons. The second-order valence-corrected chi connectivity index (χ2v) is 8.32. The Hall–Kier alpha value is -0.0900. The number of sulfone groups is 1. The summed E-state index contributed by atoms with van der Waals surface area (Å²) in [5.41, 5.74) is 0.0629. The maximum atomic E-state index is 11.9. The van der Waals surface area contributed by atoms with Crippen LogP contribution in [0.3, 0.4) is 0 Å². The van der Waals surface area contributed by atoms with Crippen LogP contribution in [0.15, 0.2) is 0 Å². The molecule has 0 radical (unpaired) electrons. The van der Waals surface area contributed by atoms with Crippen LogP contribution < -0.4 is 5.32 Å². The quantitative estimate of drug-likeness (QED) is 0.734. The molecule has 16 heavy (non-hydrogen) atoms. The lowest BCUT2D eigenvalue weighted by Gasteiger charge is -2.21. The molecule has 0 aliphatic rings. The molecule has 3 nitrogen and oxygen atoms in total. The predicted molar refractivity (Wildman–Crippen MR) is 70.5 cm³/mol. The van der Waals surface area contributed by atoms with Crippen LogP contribution >= 0.6 is 0 Å². The van der Waals surface area contributed by atoms with Crippen molar-refractivity contribution in [3.05, 3.63) is 0 Å². The Kier molecular flexibility index (Phi) is 5.98. The highest BCUT2D eigenvalue weighted by Gasteiger charge is 2.23. The Morgan fingerprint density at radius 1 is 1.12 bits per heavy atom. The van der Waals surface area contributed by atoms with E-state index >= 15 is 0 Å². The Bertz CT molecular complexity index is 289. The summed E-state index contributed by atoms with van der Waals surface area (Å²) in [6.07, 6.45) is 0.691. The van der Waals surface area contributed by atoms with Gasteiger partial charge in [0.05, 0.1) is 11.0 Å². The monoisotopic (exact) mass is 249 g/mol. The van der Waals surface area contributed by atoms with E-state index < -0.39 is 9.84 Å². The molecule has 0 aromatic carbocycles. The first-order valence-electron chi connectivity index (χ1n) is 6.03. The third-order valence-electron chi connectivity index (χ3n) is 2.77. The zero-order valence-electron chi connectivity index (χ0n) is 11.5. The summed E-state index contributed by atoms with van der Waals surface area (Å²) in [6, 6.07) is 0. The summed E-state index contributed by atoms with van der Waals surface area (Å²) < 4.78 is 23.7. The first kappa shape index (κ1) is 15.9. The Morgan fingerprint density at radius 3 is 2.00 bits per heavy atom. The molecule has 0 aromatic rings. The van der Waals surface area contributed by atoms with E-state index in [2.05, 4.69) is 26.1 Å². The number of hydrogen-bond donors (Lipinski definition) is 1. The van der Waals surface area contributed by atoms with Crippen LogP contribution in [0.25, 0.3) is 0 Å². The summed E-state index contributed by atoms with van der Waals surface area (Å²) in [6.45, 7) is 12.7. The Balaban J connectivity index is 4.02. The molecule has 0 aliphatic carbocycles. The maximum absolute atomic E-state index is 11.9. The highest BCUT2D eigenvalue weighted by molar-refractivity contribution is 7.92. The Labute approximate surface area is 101 Å². The summed E-state index contributed by atoms with van der Waals surface area (Å²) in [4.78, 5) is 0. The summed E-state index contributed by atoms with van der Waals surface area (Å²) in [7, 11) is -2.92. The second-order valence-electron chi connectivity index (χ2n) is 5.85. The fraction of sp³-hybridized carbons (Fsp3) is 1.00. The summed E-state index contributed by atoms with van der Waals surface area (Å²) in [5.74, 6) is 0.482. The van der Waals surface area contributed by atoms with Crippen LogP contribution in [-0.4, -0.2) is 31.5 Å². The van der Waals surface area contributed by atoms with Gasteiger partial charge in [0.25, 0.3) is 0 Å². The maximum Gasteiger partial charge on any atom is 0.153 e. The zero-order valence-corrected chi connectivity index (χ0v) is 12.3. The molecule has 0 saturated carbocycles. The van der Waals surface area contributed by atoms with Gasteiger partial charge in [0.15, 0.2) is 9.84 Å². The molecular weight excluding hydrogens is 222 g/mol. The van der Waals surface area contributed by atoms with Crippen molar-refractivity contribution in [1.82, 2.24) is 5.32 Å². The smallest absolute Gasteiger partial charge is 0.153 e. The van der Waals surface area contributed by atoms with Gasteiger partial charge >= 0.3 is 0 Å². The molecule has 1 unspecified atom stereocenters. The fourth-order valence-electron chi connectivity index (χ4n) is 1.34. The van der Waals surface area contributed by atoms with Crippen molar-refractivity contribution >= 4 is 9.84 Å². The minimum Gasteiger partial charge on any atom is -0.312 e. The normalized spacial score (nSPS) is 15.4. The van der Waals surface area contributed by atoms with Crippen LogP contribution in [0.5, 0.6) is 0 Å². The average molecular weight is 249 g/mol. The lowest BCUT2D eigenvalue weighted by atomic mass is 10.1. The van der Waals surface area contributed by atoms with Gasteiger partial charge in [-0.15, -0.1) is 0 Å². The van der Waals surface area contributed by atoms with E-state index in [1.165, 1.54) is 0 Å². The van der Waals surface area contributed by atoms with Crippen LogP contribution in [0.1, 0.15) is 48.0 Å². The van der Waals surface area contributed by atoms with Gasteiger partial charge in [-0.25, -0.2) is 8.42 Å². The van der Waals surface area contributed by atoms with E-state index in [4.69, 9.17) is 0 Å². The molecule has 0 aromatic heterocycles. The van der Waals surface area contributed by atoms with Crippen molar-refractivity contribution in [2.24, 2.45) is 5.92 Å². The van der Waals surface area contributed by atoms with E-state index in [0.717, 1.165) is 6.54 Å². The molecule has 1 N–H and O–H groups in total. The number of nitrogens with one attached hydrogen (secondary N) is 1. The minimum atomic E-state index is -2.92. The lowest BCUT2D eigenvalue weighted by molar-refractivity contribution is 0.426. The second kappa shape index (κ2) is 6.01. The summed E-state index contributed by atoms with van der Waals surface area (Å²) in [5, 5.41) is 3.06. The zero-order chi connectivity index (χ0) is 13.0. The molecule has 0 heterocycles. The lowest BCUT2D eigenvalue weighted by Crippen LogP contribution is -2.37.